The average molecular weight is 124 g/mol. The van der Waals surface area contributed by atoms with Crippen molar-refractivity contribution in [2.45, 2.75) is 13.8 Å². The van der Waals surface area contributed by atoms with E-state index in [1.807, 2.05) is 0 Å². The highest BCUT2D eigenvalue weighted by atomic mass is 16.3. The van der Waals surface area contributed by atoms with Gasteiger partial charge < -0.3 is 5.11 Å². The van der Waals surface area contributed by atoms with Gasteiger partial charge in [-0.3, -0.25) is 0 Å². The number of hydrogen-bond acceptors (Lipinski definition) is 1. The molecule has 1 heteroatoms. The molecule has 0 saturated carbocycles. The van der Waals surface area contributed by atoms with Crippen LogP contribution in [0, 0.1) is 5.92 Å². The molecule has 1 aliphatic rings. The van der Waals surface area contributed by atoms with E-state index in [0.717, 1.165) is 0 Å². The fraction of sp³-hybridized carbons (Fsp3) is 0.500. The Labute approximate surface area is 55.7 Å². The zero-order valence-electron chi connectivity index (χ0n) is 5.89. The molecule has 0 aromatic carbocycles. The van der Waals surface area contributed by atoms with E-state index < -0.39 is 0 Å². The van der Waals surface area contributed by atoms with Crippen molar-refractivity contribution in [1.29, 1.82) is 0 Å². The van der Waals surface area contributed by atoms with Crippen molar-refractivity contribution in [1.82, 2.24) is 0 Å². The van der Waals surface area contributed by atoms with Gasteiger partial charge in [0.15, 0.2) is 0 Å². The van der Waals surface area contributed by atoms with E-state index in [2.05, 4.69) is 26.0 Å². The molecule has 0 amide bonds. The van der Waals surface area contributed by atoms with Crippen molar-refractivity contribution in [2.24, 2.45) is 5.92 Å². The third-order valence-corrected chi connectivity index (χ3v) is 1.76. The molecule has 1 nitrogen and oxygen atoms in total. The van der Waals surface area contributed by atoms with Crippen LogP contribution in [0.25, 0.3) is 0 Å². The second-order valence-electron chi connectivity index (χ2n) is 2.55. The Kier molecular flexibility index (Phi) is 1.72. The van der Waals surface area contributed by atoms with Gasteiger partial charge in [-0.2, -0.15) is 0 Å². The van der Waals surface area contributed by atoms with Crippen LogP contribution in [0.3, 0.4) is 0 Å². The highest BCUT2D eigenvalue weighted by Gasteiger charge is 2.08. The Balaban J connectivity index is 2.70. The topological polar surface area (TPSA) is 20.2 Å². The van der Waals surface area contributed by atoms with Crippen molar-refractivity contribution >= 4 is 0 Å². The summed E-state index contributed by atoms with van der Waals surface area (Å²) in [6.07, 6.45) is 4.19. The molecule has 0 fully saturated rings. The molecule has 0 spiro atoms. The molecule has 9 heavy (non-hydrogen) atoms. The van der Waals surface area contributed by atoms with Gasteiger partial charge >= 0.3 is 0 Å². The van der Waals surface area contributed by atoms with E-state index in [-0.39, 0.29) is 12.5 Å². The lowest BCUT2D eigenvalue weighted by atomic mass is 10.2. The molecular weight excluding hydrogens is 112 g/mol. The van der Waals surface area contributed by atoms with Gasteiger partial charge in [-0.15, -0.1) is 0 Å². The lowest BCUT2D eigenvalue weighted by Crippen LogP contribution is -1.94. The van der Waals surface area contributed by atoms with Crippen LogP contribution in [0.15, 0.2) is 23.3 Å². The van der Waals surface area contributed by atoms with Gasteiger partial charge in [-0.25, -0.2) is 0 Å². The maximum absolute atomic E-state index is 8.71. The first-order chi connectivity index (χ1) is 4.24. The predicted octanol–water partition coefficient (Wildman–Crippen LogP) is 1.50. The van der Waals surface area contributed by atoms with Gasteiger partial charge in [0.25, 0.3) is 0 Å². The fourth-order valence-electron chi connectivity index (χ4n) is 1.06. The smallest absolute Gasteiger partial charge is 0.0528 e. The van der Waals surface area contributed by atoms with Crippen molar-refractivity contribution in [3.05, 3.63) is 23.3 Å². The Morgan fingerprint density at radius 2 is 1.78 bits per heavy atom. The molecule has 0 heterocycles. The van der Waals surface area contributed by atoms with Crippen LogP contribution in [0.2, 0.25) is 0 Å². The van der Waals surface area contributed by atoms with Crippen LogP contribution in [-0.4, -0.2) is 11.7 Å². The second kappa shape index (κ2) is 2.36. The molecule has 0 aromatic heterocycles. The zero-order valence-corrected chi connectivity index (χ0v) is 5.89. The van der Waals surface area contributed by atoms with E-state index in [1.165, 1.54) is 11.1 Å². The highest BCUT2D eigenvalue weighted by Crippen LogP contribution is 2.21. The minimum atomic E-state index is 0.245. The maximum atomic E-state index is 8.71. The van der Waals surface area contributed by atoms with Crippen LogP contribution in [0.4, 0.5) is 0 Å². The lowest BCUT2D eigenvalue weighted by Gasteiger charge is -1.94. The van der Waals surface area contributed by atoms with Crippen LogP contribution in [-0.2, 0) is 0 Å². The summed E-state index contributed by atoms with van der Waals surface area (Å²) < 4.78 is 0. The summed E-state index contributed by atoms with van der Waals surface area (Å²) in [4.78, 5) is 0. The highest BCUT2D eigenvalue weighted by molar-refractivity contribution is 5.35. The molecule has 1 N–H and O–H groups in total. The number of allylic oxidation sites excluding steroid dienone is 2. The van der Waals surface area contributed by atoms with Crippen LogP contribution in [0.5, 0.6) is 0 Å². The van der Waals surface area contributed by atoms with Crippen molar-refractivity contribution in [3.63, 3.8) is 0 Å². The number of hydrogen-bond donors (Lipinski definition) is 1. The molecule has 1 aliphatic carbocycles. The van der Waals surface area contributed by atoms with Gasteiger partial charge in [0.05, 0.1) is 6.61 Å². The normalized spacial score (nSPS) is 19.9. The van der Waals surface area contributed by atoms with Gasteiger partial charge in [-0.05, 0) is 13.8 Å². The SMILES string of the molecule is CC1=CC(CO)C=C1C. The summed E-state index contributed by atoms with van der Waals surface area (Å²) in [5.74, 6) is 0.282. The van der Waals surface area contributed by atoms with Crippen LogP contribution < -0.4 is 0 Å². The third kappa shape index (κ3) is 1.22. The van der Waals surface area contributed by atoms with E-state index in [9.17, 15) is 0 Å². The summed E-state index contributed by atoms with van der Waals surface area (Å²) in [5.41, 5.74) is 2.60. The van der Waals surface area contributed by atoms with Gasteiger partial charge in [-0.1, -0.05) is 23.3 Å². The van der Waals surface area contributed by atoms with E-state index in [4.69, 9.17) is 5.11 Å². The monoisotopic (exact) mass is 124 g/mol. The molecule has 1 rings (SSSR count). The third-order valence-electron chi connectivity index (χ3n) is 1.76. The molecule has 50 valence electrons. The summed E-state index contributed by atoms with van der Waals surface area (Å²) in [7, 11) is 0. The van der Waals surface area contributed by atoms with Crippen LogP contribution >= 0.6 is 0 Å². The summed E-state index contributed by atoms with van der Waals surface area (Å²) in [6, 6.07) is 0. The Hall–Kier alpha value is -0.560. The average Bonchev–Trinajstić information content (AvgIpc) is 2.13. The van der Waals surface area contributed by atoms with Gasteiger partial charge in [0.2, 0.25) is 0 Å². The molecule has 0 aliphatic heterocycles. The quantitative estimate of drug-likeness (QED) is 0.561. The zero-order chi connectivity index (χ0) is 6.85. The van der Waals surface area contributed by atoms with E-state index in [0.29, 0.717) is 0 Å². The first kappa shape index (κ1) is 6.56. The molecule has 0 saturated heterocycles. The Bertz CT molecular complexity index is 147. The second-order valence-corrected chi connectivity index (χ2v) is 2.55. The first-order valence-corrected chi connectivity index (χ1v) is 3.22. The van der Waals surface area contributed by atoms with E-state index in [1.54, 1.807) is 0 Å². The predicted molar refractivity (Wildman–Crippen MR) is 38.1 cm³/mol. The Morgan fingerprint density at radius 3 is 2.00 bits per heavy atom. The van der Waals surface area contributed by atoms with Gasteiger partial charge in [0.1, 0.15) is 0 Å². The van der Waals surface area contributed by atoms with E-state index >= 15 is 0 Å². The molecule has 0 radical (unpaired) electrons. The Morgan fingerprint density at radius 1 is 1.33 bits per heavy atom. The fourth-order valence-corrected chi connectivity index (χ4v) is 1.06. The lowest BCUT2D eigenvalue weighted by molar-refractivity contribution is 0.274. The number of aliphatic hydroxyl groups is 1. The van der Waals surface area contributed by atoms with Crippen molar-refractivity contribution in [2.75, 3.05) is 6.61 Å². The minimum Gasteiger partial charge on any atom is -0.395 e. The largest absolute Gasteiger partial charge is 0.395 e. The summed E-state index contributed by atoms with van der Waals surface area (Å²) in [5, 5.41) is 8.71. The maximum Gasteiger partial charge on any atom is 0.0528 e. The van der Waals surface area contributed by atoms with Crippen molar-refractivity contribution < 1.29 is 5.11 Å². The molecular formula is C8H12O. The summed E-state index contributed by atoms with van der Waals surface area (Å²) in [6.45, 7) is 4.39. The standard InChI is InChI=1S/C8H12O/c1-6-3-8(5-9)4-7(6)2/h3-4,8-9H,5H2,1-2H3. The first-order valence-electron chi connectivity index (χ1n) is 3.22. The molecule has 0 atom stereocenters. The molecule has 0 aromatic rings. The van der Waals surface area contributed by atoms with Crippen LogP contribution in [0.1, 0.15) is 13.8 Å². The van der Waals surface area contributed by atoms with Crippen molar-refractivity contribution in [3.8, 4) is 0 Å². The summed E-state index contributed by atoms with van der Waals surface area (Å²) >= 11 is 0. The number of aliphatic hydroxyl groups excluding tert-OH is 1. The number of rotatable bonds is 1. The molecule has 0 unspecified atom stereocenters. The molecule has 0 bridgehead atoms. The minimum absolute atomic E-state index is 0.245. The van der Waals surface area contributed by atoms with Gasteiger partial charge in [0, 0.05) is 5.92 Å².